The average molecular weight is 279 g/mol. The Morgan fingerprint density at radius 2 is 2.05 bits per heavy atom. The van der Waals surface area contributed by atoms with Crippen LogP contribution in [0.3, 0.4) is 0 Å². The third-order valence-corrected chi connectivity index (χ3v) is 3.06. The first-order valence-corrected chi connectivity index (χ1v) is 6.17. The molecule has 3 rings (SSSR count). The zero-order valence-corrected chi connectivity index (χ0v) is 10.8. The SMILES string of the molecule is N#Cc1ccc(C(=O)Cn2c(=O)oc3cccnc32)cc1. The van der Waals surface area contributed by atoms with Crippen molar-refractivity contribution in [1.82, 2.24) is 9.55 Å². The van der Waals surface area contributed by atoms with Gasteiger partial charge in [0.2, 0.25) is 0 Å². The Hall–Kier alpha value is -3.20. The van der Waals surface area contributed by atoms with E-state index in [2.05, 4.69) is 4.98 Å². The second kappa shape index (κ2) is 5.06. The van der Waals surface area contributed by atoms with Crippen molar-refractivity contribution >= 4 is 17.0 Å². The summed E-state index contributed by atoms with van der Waals surface area (Å²) in [5.41, 5.74) is 1.57. The van der Waals surface area contributed by atoms with Crippen LogP contribution in [0.15, 0.2) is 51.8 Å². The molecule has 0 saturated heterocycles. The Balaban J connectivity index is 1.94. The number of benzene rings is 1. The molecule has 0 unspecified atom stereocenters. The van der Waals surface area contributed by atoms with E-state index in [0.29, 0.717) is 22.4 Å². The minimum Gasteiger partial charge on any atom is -0.406 e. The molecular formula is C15H9N3O3. The Morgan fingerprint density at radius 1 is 1.29 bits per heavy atom. The third kappa shape index (κ3) is 2.32. The molecule has 0 saturated carbocycles. The largest absolute Gasteiger partial charge is 0.421 e. The molecular weight excluding hydrogens is 270 g/mol. The van der Waals surface area contributed by atoms with E-state index in [1.165, 1.54) is 10.8 Å². The van der Waals surface area contributed by atoms with Crippen molar-refractivity contribution in [3.05, 3.63) is 64.3 Å². The number of hydrogen-bond acceptors (Lipinski definition) is 5. The monoisotopic (exact) mass is 279 g/mol. The molecule has 0 spiro atoms. The van der Waals surface area contributed by atoms with E-state index in [-0.39, 0.29) is 12.3 Å². The molecule has 2 heterocycles. The second-order valence-corrected chi connectivity index (χ2v) is 4.39. The van der Waals surface area contributed by atoms with Crippen LogP contribution < -0.4 is 5.76 Å². The van der Waals surface area contributed by atoms with Crippen molar-refractivity contribution < 1.29 is 9.21 Å². The Bertz CT molecular complexity index is 914. The standard InChI is InChI=1S/C15H9N3O3/c16-8-10-3-5-11(6-4-10)12(19)9-18-14-13(21-15(18)20)2-1-7-17-14/h1-7H,9H2. The summed E-state index contributed by atoms with van der Waals surface area (Å²) < 4.78 is 6.21. The van der Waals surface area contributed by atoms with Crippen LogP contribution >= 0.6 is 0 Å². The zero-order valence-electron chi connectivity index (χ0n) is 10.8. The third-order valence-electron chi connectivity index (χ3n) is 3.06. The topological polar surface area (TPSA) is 88.9 Å². The lowest BCUT2D eigenvalue weighted by Gasteiger charge is -2.01. The van der Waals surface area contributed by atoms with E-state index in [1.54, 1.807) is 36.4 Å². The highest BCUT2D eigenvalue weighted by atomic mass is 16.4. The average Bonchev–Trinajstić information content (AvgIpc) is 2.83. The predicted molar refractivity (Wildman–Crippen MR) is 73.8 cm³/mol. The molecule has 1 aromatic carbocycles. The zero-order chi connectivity index (χ0) is 14.8. The number of fused-ring (bicyclic) bond motifs is 1. The molecule has 3 aromatic rings. The highest BCUT2D eigenvalue weighted by Gasteiger charge is 2.14. The van der Waals surface area contributed by atoms with Crippen LogP contribution in [0, 0.1) is 11.3 Å². The van der Waals surface area contributed by atoms with Gasteiger partial charge >= 0.3 is 5.76 Å². The summed E-state index contributed by atoms with van der Waals surface area (Å²) in [7, 11) is 0. The minimum atomic E-state index is -0.620. The number of nitrogens with zero attached hydrogens (tertiary/aromatic N) is 3. The van der Waals surface area contributed by atoms with Crippen LogP contribution in [0.25, 0.3) is 11.2 Å². The fourth-order valence-electron chi connectivity index (χ4n) is 2.01. The number of hydrogen-bond donors (Lipinski definition) is 0. The molecule has 0 aliphatic heterocycles. The van der Waals surface area contributed by atoms with Crippen molar-refractivity contribution in [2.24, 2.45) is 0 Å². The summed E-state index contributed by atoms with van der Waals surface area (Å²) in [6, 6.07) is 11.5. The highest BCUT2D eigenvalue weighted by Crippen LogP contribution is 2.10. The molecule has 6 nitrogen and oxygen atoms in total. The van der Waals surface area contributed by atoms with Gasteiger partial charge in [0.1, 0.15) is 0 Å². The molecule has 2 aromatic heterocycles. The summed E-state index contributed by atoms with van der Waals surface area (Å²) in [5, 5.41) is 8.73. The van der Waals surface area contributed by atoms with E-state index < -0.39 is 5.76 Å². The van der Waals surface area contributed by atoms with Gasteiger partial charge in [-0.25, -0.2) is 9.78 Å². The number of carbonyl (C=O) groups is 1. The van der Waals surface area contributed by atoms with Crippen LogP contribution in [0.2, 0.25) is 0 Å². The second-order valence-electron chi connectivity index (χ2n) is 4.39. The number of oxazole rings is 1. The summed E-state index contributed by atoms with van der Waals surface area (Å²) >= 11 is 0. The van der Waals surface area contributed by atoms with Crippen molar-refractivity contribution in [2.75, 3.05) is 0 Å². The smallest absolute Gasteiger partial charge is 0.406 e. The molecule has 6 heteroatoms. The van der Waals surface area contributed by atoms with E-state index in [9.17, 15) is 9.59 Å². The van der Waals surface area contributed by atoms with Gasteiger partial charge in [0.05, 0.1) is 18.2 Å². The van der Waals surface area contributed by atoms with Gasteiger partial charge in [0.15, 0.2) is 17.0 Å². The van der Waals surface area contributed by atoms with Crippen LogP contribution in [0.5, 0.6) is 0 Å². The number of rotatable bonds is 3. The molecule has 0 aliphatic carbocycles. The lowest BCUT2D eigenvalue weighted by Crippen LogP contribution is -2.20. The summed E-state index contributed by atoms with van der Waals surface area (Å²) in [5.74, 6) is -0.874. The summed E-state index contributed by atoms with van der Waals surface area (Å²) in [6.07, 6.45) is 1.53. The number of nitriles is 1. The van der Waals surface area contributed by atoms with E-state index in [1.807, 2.05) is 6.07 Å². The van der Waals surface area contributed by atoms with E-state index in [4.69, 9.17) is 9.68 Å². The molecule has 0 fully saturated rings. The quantitative estimate of drug-likeness (QED) is 0.681. The number of ketones is 1. The Kier molecular flexibility index (Phi) is 3.09. The number of aromatic nitrogens is 2. The molecule has 0 atom stereocenters. The molecule has 102 valence electrons. The maximum atomic E-state index is 12.2. The molecule has 0 radical (unpaired) electrons. The van der Waals surface area contributed by atoms with Crippen LogP contribution in [-0.4, -0.2) is 15.3 Å². The molecule has 0 N–H and O–H groups in total. The Morgan fingerprint density at radius 3 is 2.76 bits per heavy atom. The maximum absolute atomic E-state index is 12.2. The maximum Gasteiger partial charge on any atom is 0.421 e. The van der Waals surface area contributed by atoms with Gasteiger partial charge in [-0.1, -0.05) is 12.1 Å². The molecule has 0 amide bonds. The molecule has 0 aliphatic rings. The summed E-state index contributed by atoms with van der Waals surface area (Å²) in [6.45, 7) is -0.158. The van der Waals surface area contributed by atoms with Gasteiger partial charge in [0, 0.05) is 11.8 Å². The van der Waals surface area contributed by atoms with Gasteiger partial charge in [-0.2, -0.15) is 5.26 Å². The highest BCUT2D eigenvalue weighted by molar-refractivity contribution is 5.96. The van der Waals surface area contributed by atoms with Crippen molar-refractivity contribution in [3.63, 3.8) is 0 Å². The number of Topliss-reactive ketones (excluding diaryl/α,β-unsaturated/α-hetero) is 1. The predicted octanol–water partition coefficient (Wildman–Crippen LogP) is 1.74. The van der Waals surface area contributed by atoms with Crippen molar-refractivity contribution in [1.29, 1.82) is 5.26 Å². The van der Waals surface area contributed by atoms with Crippen molar-refractivity contribution in [3.8, 4) is 6.07 Å². The molecule has 21 heavy (non-hydrogen) atoms. The number of carbonyl (C=O) groups excluding carboxylic acids is 1. The van der Waals surface area contributed by atoms with Gasteiger partial charge in [-0.05, 0) is 24.3 Å². The van der Waals surface area contributed by atoms with Crippen LogP contribution in [-0.2, 0) is 6.54 Å². The number of pyridine rings is 1. The van der Waals surface area contributed by atoms with Gasteiger partial charge in [0.25, 0.3) is 0 Å². The first-order chi connectivity index (χ1) is 10.2. The van der Waals surface area contributed by atoms with Gasteiger partial charge < -0.3 is 4.42 Å². The van der Waals surface area contributed by atoms with Crippen molar-refractivity contribution in [2.45, 2.75) is 6.54 Å². The van der Waals surface area contributed by atoms with Gasteiger partial charge in [-0.3, -0.25) is 9.36 Å². The fourth-order valence-corrected chi connectivity index (χ4v) is 2.01. The lowest BCUT2D eigenvalue weighted by molar-refractivity contribution is 0.0970. The lowest BCUT2D eigenvalue weighted by atomic mass is 10.1. The van der Waals surface area contributed by atoms with E-state index >= 15 is 0 Å². The van der Waals surface area contributed by atoms with Crippen LogP contribution in [0.1, 0.15) is 15.9 Å². The van der Waals surface area contributed by atoms with Crippen LogP contribution in [0.4, 0.5) is 0 Å². The Labute approximate surface area is 118 Å². The minimum absolute atomic E-state index is 0.158. The molecule has 0 bridgehead atoms. The van der Waals surface area contributed by atoms with Gasteiger partial charge in [-0.15, -0.1) is 0 Å². The fraction of sp³-hybridized carbons (Fsp3) is 0.0667. The normalized spacial score (nSPS) is 10.4. The summed E-state index contributed by atoms with van der Waals surface area (Å²) in [4.78, 5) is 28.0. The first kappa shape index (κ1) is 12.8. The van der Waals surface area contributed by atoms with E-state index in [0.717, 1.165) is 0 Å². The first-order valence-electron chi connectivity index (χ1n) is 6.17.